The van der Waals surface area contributed by atoms with Crippen molar-refractivity contribution in [2.75, 3.05) is 30.4 Å². The minimum atomic E-state index is -0.276. The number of carbonyl (C=O) groups excluding carboxylic acids is 2. The zero-order valence-electron chi connectivity index (χ0n) is 18.3. The molecule has 1 saturated heterocycles. The van der Waals surface area contributed by atoms with Crippen molar-refractivity contribution in [3.05, 3.63) is 82.0 Å². The number of hydrogen-bond donors (Lipinski definition) is 1. The van der Waals surface area contributed by atoms with Gasteiger partial charge >= 0.3 is 0 Å². The Bertz CT molecular complexity index is 1140. The van der Waals surface area contributed by atoms with E-state index >= 15 is 0 Å². The molecular weight excluding hydrogens is 459 g/mol. The zero-order valence-corrected chi connectivity index (χ0v) is 19.8. The summed E-state index contributed by atoms with van der Waals surface area (Å²) >= 11 is 12.1. The molecule has 8 heteroatoms. The summed E-state index contributed by atoms with van der Waals surface area (Å²) in [6.45, 7) is 3.35. The summed E-state index contributed by atoms with van der Waals surface area (Å²) in [4.78, 5) is 30.4. The smallest absolute Gasteiger partial charge is 0.255 e. The summed E-state index contributed by atoms with van der Waals surface area (Å²) in [7, 11) is 2.28. The highest BCUT2D eigenvalue weighted by Crippen LogP contribution is 2.33. The Morgan fingerprint density at radius 3 is 2.39 bits per heavy atom. The average Bonchev–Trinajstić information content (AvgIpc) is 3.23. The number of likely N-dealkylation sites (tertiary alicyclic amines) is 1. The van der Waals surface area contributed by atoms with Crippen molar-refractivity contribution in [2.45, 2.75) is 19.4 Å². The van der Waals surface area contributed by atoms with Gasteiger partial charge in [0.15, 0.2) is 0 Å². The average molecular weight is 484 g/mol. The van der Waals surface area contributed by atoms with Crippen LogP contribution in [0.4, 0.5) is 17.2 Å². The summed E-state index contributed by atoms with van der Waals surface area (Å²) in [6, 6.07) is 15.9. The quantitative estimate of drug-likeness (QED) is 0.347. The highest BCUT2D eigenvalue weighted by molar-refractivity contribution is 6.31. The Labute approximate surface area is 203 Å². The number of aromatic nitrogens is 1. The maximum atomic E-state index is 13.0. The van der Waals surface area contributed by atoms with Gasteiger partial charge in [-0.05, 0) is 42.5 Å². The standard InChI is InChI=1S/C25H24Cl2N4O2/c1-31(12-2-3-13-31)16-18-4-6-19(7-5-18)25(33)29-22-10-8-20(26)14-23(22)30(17-32)24-11-9-21(27)15-28-24/h4-11,14-15,17H,2-3,12-13,16H2,1H3/p+1. The fourth-order valence-electron chi connectivity index (χ4n) is 4.21. The van der Waals surface area contributed by atoms with Crippen LogP contribution in [0, 0.1) is 0 Å². The maximum Gasteiger partial charge on any atom is 0.255 e. The SMILES string of the molecule is C[N+]1(Cc2ccc(C(=O)Nc3ccc(Cl)cc3N(C=O)c3ccc(Cl)cn3)cc2)CCCC1. The van der Waals surface area contributed by atoms with E-state index in [4.69, 9.17) is 23.2 Å². The van der Waals surface area contributed by atoms with Gasteiger partial charge in [0, 0.05) is 35.2 Å². The van der Waals surface area contributed by atoms with Crippen LogP contribution in [0.25, 0.3) is 0 Å². The van der Waals surface area contributed by atoms with E-state index < -0.39 is 0 Å². The first-order chi connectivity index (χ1) is 15.9. The zero-order chi connectivity index (χ0) is 23.4. The molecule has 33 heavy (non-hydrogen) atoms. The van der Waals surface area contributed by atoms with Crippen LogP contribution >= 0.6 is 23.2 Å². The highest BCUT2D eigenvalue weighted by Gasteiger charge is 2.27. The first-order valence-electron chi connectivity index (χ1n) is 10.8. The van der Waals surface area contributed by atoms with Crippen molar-refractivity contribution in [1.82, 2.24) is 4.98 Å². The number of pyridine rings is 1. The third-order valence-electron chi connectivity index (χ3n) is 5.96. The normalized spacial score (nSPS) is 14.6. The van der Waals surface area contributed by atoms with Gasteiger partial charge in [-0.15, -0.1) is 0 Å². The Morgan fingerprint density at radius 1 is 1.06 bits per heavy atom. The lowest BCUT2D eigenvalue weighted by Gasteiger charge is -2.29. The molecule has 2 aromatic carbocycles. The third kappa shape index (κ3) is 5.53. The molecule has 0 saturated carbocycles. The fraction of sp³-hybridized carbons (Fsp3) is 0.240. The predicted molar refractivity (Wildman–Crippen MR) is 132 cm³/mol. The molecular formula is C25H25Cl2N4O2+. The van der Waals surface area contributed by atoms with Crippen molar-refractivity contribution in [2.24, 2.45) is 0 Å². The minimum absolute atomic E-state index is 0.276. The molecule has 1 aromatic heterocycles. The number of carbonyl (C=O) groups is 2. The number of nitrogens with zero attached hydrogens (tertiary/aromatic N) is 3. The Balaban J connectivity index is 1.54. The van der Waals surface area contributed by atoms with Crippen LogP contribution < -0.4 is 10.2 Å². The van der Waals surface area contributed by atoms with E-state index in [0.717, 1.165) is 11.0 Å². The summed E-state index contributed by atoms with van der Waals surface area (Å²) < 4.78 is 1.04. The van der Waals surface area contributed by atoms with E-state index in [9.17, 15) is 9.59 Å². The monoisotopic (exact) mass is 483 g/mol. The molecule has 2 heterocycles. The van der Waals surface area contributed by atoms with E-state index in [-0.39, 0.29) is 5.91 Å². The molecule has 0 atom stereocenters. The van der Waals surface area contributed by atoms with Gasteiger partial charge in [0.2, 0.25) is 6.41 Å². The van der Waals surface area contributed by atoms with Gasteiger partial charge in [-0.2, -0.15) is 0 Å². The molecule has 0 spiro atoms. The van der Waals surface area contributed by atoms with Crippen LogP contribution in [0.5, 0.6) is 0 Å². The van der Waals surface area contributed by atoms with Gasteiger partial charge in [0.1, 0.15) is 12.4 Å². The van der Waals surface area contributed by atoms with Gasteiger partial charge in [0.05, 0.1) is 36.5 Å². The molecule has 0 aliphatic carbocycles. The fourth-order valence-corrected chi connectivity index (χ4v) is 4.49. The topological polar surface area (TPSA) is 62.3 Å². The molecule has 1 N–H and O–H groups in total. The number of anilines is 3. The van der Waals surface area contributed by atoms with Crippen LogP contribution in [0.2, 0.25) is 10.0 Å². The second kappa shape index (κ2) is 9.91. The Hall–Kier alpha value is -2.93. The lowest BCUT2D eigenvalue weighted by molar-refractivity contribution is -0.910. The molecule has 170 valence electrons. The van der Waals surface area contributed by atoms with E-state index in [0.29, 0.717) is 39.2 Å². The van der Waals surface area contributed by atoms with Crippen molar-refractivity contribution in [3.8, 4) is 0 Å². The van der Waals surface area contributed by atoms with Crippen molar-refractivity contribution < 1.29 is 14.1 Å². The molecule has 0 bridgehead atoms. The minimum Gasteiger partial charge on any atom is -0.322 e. The van der Waals surface area contributed by atoms with Gasteiger partial charge in [-0.1, -0.05) is 35.3 Å². The van der Waals surface area contributed by atoms with E-state index in [1.807, 2.05) is 24.3 Å². The van der Waals surface area contributed by atoms with E-state index in [1.54, 1.807) is 30.3 Å². The number of amides is 2. The lowest BCUT2D eigenvalue weighted by atomic mass is 10.1. The Morgan fingerprint density at radius 2 is 1.76 bits per heavy atom. The molecule has 3 aromatic rings. The van der Waals surface area contributed by atoms with E-state index in [2.05, 4.69) is 17.3 Å². The second-order valence-electron chi connectivity index (χ2n) is 8.55. The molecule has 1 aliphatic heterocycles. The van der Waals surface area contributed by atoms with Gasteiger partial charge < -0.3 is 9.80 Å². The number of quaternary nitrogens is 1. The van der Waals surface area contributed by atoms with Crippen molar-refractivity contribution in [1.29, 1.82) is 0 Å². The van der Waals surface area contributed by atoms with Crippen LogP contribution in [-0.2, 0) is 11.3 Å². The van der Waals surface area contributed by atoms with Crippen molar-refractivity contribution in [3.63, 3.8) is 0 Å². The number of benzene rings is 2. The third-order valence-corrected chi connectivity index (χ3v) is 6.42. The molecule has 4 rings (SSSR count). The first kappa shape index (κ1) is 23.2. The predicted octanol–water partition coefficient (Wildman–Crippen LogP) is 5.68. The molecule has 2 amide bonds. The number of nitrogens with one attached hydrogen (secondary N) is 1. The van der Waals surface area contributed by atoms with Gasteiger partial charge in [0.25, 0.3) is 5.91 Å². The molecule has 0 unspecified atom stereocenters. The van der Waals surface area contributed by atoms with Crippen LogP contribution in [-0.4, -0.2) is 41.9 Å². The van der Waals surface area contributed by atoms with Crippen molar-refractivity contribution >= 4 is 52.7 Å². The summed E-state index contributed by atoms with van der Waals surface area (Å²) in [5.41, 5.74) is 2.59. The Kier molecular flexibility index (Phi) is 6.98. The number of rotatable bonds is 7. The lowest BCUT2D eigenvalue weighted by Crippen LogP contribution is -2.39. The largest absolute Gasteiger partial charge is 0.322 e. The van der Waals surface area contributed by atoms with Gasteiger partial charge in [-0.3, -0.25) is 14.5 Å². The molecule has 1 fully saturated rings. The maximum absolute atomic E-state index is 13.0. The molecule has 1 aliphatic rings. The summed E-state index contributed by atoms with van der Waals surface area (Å²) in [5, 5.41) is 3.77. The second-order valence-corrected chi connectivity index (χ2v) is 9.43. The number of halogens is 2. The first-order valence-corrected chi connectivity index (χ1v) is 11.5. The van der Waals surface area contributed by atoms with Crippen LogP contribution in [0.15, 0.2) is 60.8 Å². The van der Waals surface area contributed by atoms with Crippen LogP contribution in [0.3, 0.4) is 0 Å². The summed E-state index contributed by atoms with van der Waals surface area (Å²) in [5.74, 6) is 0.0802. The van der Waals surface area contributed by atoms with E-state index in [1.165, 1.54) is 42.6 Å². The molecule has 6 nitrogen and oxygen atoms in total. The highest BCUT2D eigenvalue weighted by atomic mass is 35.5. The number of hydrogen-bond acceptors (Lipinski definition) is 3. The summed E-state index contributed by atoms with van der Waals surface area (Å²) in [6.07, 6.45) is 4.60. The van der Waals surface area contributed by atoms with Gasteiger partial charge in [-0.25, -0.2) is 4.98 Å². The van der Waals surface area contributed by atoms with Crippen LogP contribution in [0.1, 0.15) is 28.8 Å². The molecule has 0 radical (unpaired) electrons.